The van der Waals surface area contributed by atoms with E-state index < -0.39 is 0 Å². The van der Waals surface area contributed by atoms with E-state index in [1.165, 1.54) is 72.1 Å². The van der Waals surface area contributed by atoms with Crippen LogP contribution in [0.5, 0.6) is 5.75 Å². The molecule has 0 amide bonds. The third-order valence-corrected chi connectivity index (χ3v) is 6.22. The fourth-order valence-corrected chi connectivity index (χ4v) is 4.80. The first-order valence-electron chi connectivity index (χ1n) is 10.3. The minimum atomic E-state index is 0.896. The average Bonchev–Trinajstić information content (AvgIpc) is 2.73. The average molecular weight is 372 g/mol. The molecule has 0 saturated heterocycles. The Morgan fingerprint density at radius 3 is 2.39 bits per heavy atom. The molecule has 3 heteroatoms. The molecule has 0 N–H and O–H groups in total. The van der Waals surface area contributed by atoms with Crippen LogP contribution in [0.1, 0.15) is 35.2 Å². The van der Waals surface area contributed by atoms with Crippen molar-refractivity contribution in [3.63, 3.8) is 0 Å². The first-order chi connectivity index (χ1) is 13.7. The van der Waals surface area contributed by atoms with Gasteiger partial charge in [-0.3, -0.25) is 0 Å². The smallest absolute Gasteiger partial charge is 0.212 e. The van der Waals surface area contributed by atoms with Gasteiger partial charge in [0.1, 0.15) is 12.8 Å². The maximum atomic E-state index is 5.35. The Kier molecular flexibility index (Phi) is 4.31. The maximum Gasteiger partial charge on any atom is 0.212 e. The minimum Gasteiger partial charge on any atom is -0.497 e. The summed E-state index contributed by atoms with van der Waals surface area (Å²) < 4.78 is 7.60. The zero-order valence-corrected chi connectivity index (χ0v) is 16.7. The van der Waals surface area contributed by atoms with E-state index in [0.29, 0.717) is 0 Å². The molecule has 3 nitrogen and oxygen atoms in total. The van der Waals surface area contributed by atoms with E-state index >= 15 is 0 Å². The van der Waals surface area contributed by atoms with Crippen LogP contribution in [0.25, 0.3) is 23.1 Å². The van der Waals surface area contributed by atoms with Crippen LogP contribution < -0.4 is 14.2 Å². The first kappa shape index (κ1) is 17.3. The molecule has 2 aliphatic rings. The lowest BCUT2D eigenvalue weighted by Crippen LogP contribution is -2.34. The van der Waals surface area contributed by atoms with Crippen LogP contribution >= 0.6 is 0 Å². The van der Waals surface area contributed by atoms with Gasteiger partial charge in [0, 0.05) is 37.0 Å². The van der Waals surface area contributed by atoms with Gasteiger partial charge < -0.3 is 9.64 Å². The molecule has 2 aliphatic heterocycles. The zero-order valence-electron chi connectivity index (χ0n) is 16.7. The van der Waals surface area contributed by atoms with E-state index in [4.69, 9.17) is 4.74 Å². The summed E-state index contributed by atoms with van der Waals surface area (Å²) >= 11 is 0. The third kappa shape index (κ3) is 2.95. The predicted molar refractivity (Wildman–Crippen MR) is 116 cm³/mol. The van der Waals surface area contributed by atoms with Crippen molar-refractivity contribution in [3.05, 3.63) is 64.8 Å². The zero-order chi connectivity index (χ0) is 19.1. The summed E-state index contributed by atoms with van der Waals surface area (Å²) in [6, 6.07) is 15.4. The number of hydrogen-bond acceptors (Lipinski definition) is 2. The number of ether oxygens (including phenoxy) is 1. The summed E-state index contributed by atoms with van der Waals surface area (Å²) in [5.41, 5.74) is 8.35. The van der Waals surface area contributed by atoms with Gasteiger partial charge in [0.05, 0.1) is 12.5 Å². The highest BCUT2D eigenvalue weighted by molar-refractivity contribution is 5.79. The lowest BCUT2D eigenvalue weighted by molar-refractivity contribution is -0.646. The maximum absolute atomic E-state index is 5.35. The molecule has 28 heavy (non-hydrogen) atoms. The Morgan fingerprint density at radius 1 is 0.929 bits per heavy atom. The molecule has 0 unspecified atom stereocenters. The number of aromatic nitrogens is 1. The Morgan fingerprint density at radius 2 is 1.68 bits per heavy atom. The van der Waals surface area contributed by atoms with Crippen molar-refractivity contribution in [1.29, 1.82) is 0 Å². The summed E-state index contributed by atoms with van der Waals surface area (Å²) in [4.78, 5) is 2.60. The van der Waals surface area contributed by atoms with Crippen LogP contribution in [0.4, 0.5) is 5.69 Å². The summed E-state index contributed by atoms with van der Waals surface area (Å²) in [6.45, 7) is 2.46. The van der Waals surface area contributed by atoms with Crippen LogP contribution in [0.2, 0.25) is 0 Å². The molecule has 0 atom stereocenters. The minimum absolute atomic E-state index is 0.896. The van der Waals surface area contributed by atoms with Crippen LogP contribution in [0, 0.1) is 0 Å². The van der Waals surface area contributed by atoms with Crippen molar-refractivity contribution in [2.45, 2.75) is 25.7 Å². The molecule has 0 radical (unpaired) electrons. The highest BCUT2D eigenvalue weighted by Crippen LogP contribution is 2.36. The number of benzene rings is 2. The lowest BCUT2D eigenvalue weighted by atomic mass is 9.90. The molecule has 0 aliphatic carbocycles. The summed E-state index contributed by atoms with van der Waals surface area (Å²) in [6.07, 6.45) is 9.50. The Balaban J connectivity index is 1.50. The standard InChI is InChI=1S/C25H27N2O/c1-26-22(10-8-19-17-23(28-2)11-12-24(19)26)9-7-18-15-20-5-3-13-27-14-4-6-21(16-18)25(20)27/h7-12,15-17H,3-6,13-14H2,1-2H3/q+1. The molecule has 0 bridgehead atoms. The second-order valence-corrected chi connectivity index (χ2v) is 7.96. The lowest BCUT2D eigenvalue weighted by Gasteiger charge is -2.37. The predicted octanol–water partition coefficient (Wildman–Crippen LogP) is 4.54. The first-order valence-corrected chi connectivity index (χ1v) is 10.3. The van der Waals surface area contributed by atoms with Gasteiger partial charge in [-0.15, -0.1) is 0 Å². The fourth-order valence-electron chi connectivity index (χ4n) is 4.80. The van der Waals surface area contributed by atoms with Gasteiger partial charge in [-0.1, -0.05) is 0 Å². The Bertz CT molecular complexity index is 1050. The van der Waals surface area contributed by atoms with Crippen LogP contribution in [-0.2, 0) is 19.9 Å². The van der Waals surface area contributed by atoms with Crippen molar-refractivity contribution >= 4 is 28.7 Å². The summed E-state index contributed by atoms with van der Waals surface area (Å²) in [5.74, 6) is 0.896. The van der Waals surface area contributed by atoms with E-state index in [0.717, 1.165) is 5.75 Å². The number of hydrogen-bond donors (Lipinski definition) is 0. The largest absolute Gasteiger partial charge is 0.497 e. The van der Waals surface area contributed by atoms with Gasteiger partial charge >= 0.3 is 0 Å². The number of methoxy groups -OCH3 is 1. The quantitative estimate of drug-likeness (QED) is 0.629. The fraction of sp³-hybridized carbons (Fsp3) is 0.320. The molecule has 0 spiro atoms. The molecule has 2 aromatic carbocycles. The molecule has 0 fully saturated rings. The number of aryl methyl sites for hydroxylation is 3. The number of nitrogens with zero attached hydrogens (tertiary/aromatic N) is 2. The second-order valence-electron chi connectivity index (χ2n) is 7.96. The van der Waals surface area contributed by atoms with Crippen molar-refractivity contribution in [3.8, 4) is 5.75 Å². The molecular weight excluding hydrogens is 344 g/mol. The van der Waals surface area contributed by atoms with E-state index in [1.807, 2.05) is 6.07 Å². The molecule has 5 rings (SSSR count). The van der Waals surface area contributed by atoms with Crippen molar-refractivity contribution in [2.24, 2.45) is 7.05 Å². The molecule has 142 valence electrons. The van der Waals surface area contributed by atoms with Crippen molar-refractivity contribution in [2.75, 3.05) is 25.1 Å². The topological polar surface area (TPSA) is 16.4 Å². The Labute approximate surface area is 166 Å². The van der Waals surface area contributed by atoms with Gasteiger partial charge in [-0.2, -0.15) is 4.57 Å². The summed E-state index contributed by atoms with van der Waals surface area (Å²) in [5, 5.41) is 1.19. The van der Waals surface area contributed by atoms with Gasteiger partial charge in [0.2, 0.25) is 11.2 Å². The molecular formula is C25H27N2O+. The number of pyridine rings is 1. The van der Waals surface area contributed by atoms with E-state index in [1.54, 1.807) is 12.8 Å². The van der Waals surface area contributed by atoms with E-state index in [9.17, 15) is 0 Å². The third-order valence-electron chi connectivity index (χ3n) is 6.22. The van der Waals surface area contributed by atoms with Gasteiger partial charge in [0.25, 0.3) is 0 Å². The van der Waals surface area contributed by atoms with E-state index in [-0.39, 0.29) is 0 Å². The molecule has 1 aromatic heterocycles. The Hall–Kier alpha value is -2.81. The van der Waals surface area contributed by atoms with E-state index in [2.05, 4.69) is 65.1 Å². The number of rotatable bonds is 3. The van der Waals surface area contributed by atoms with Crippen molar-refractivity contribution < 1.29 is 9.30 Å². The highest BCUT2D eigenvalue weighted by Gasteiger charge is 2.23. The van der Waals surface area contributed by atoms with Crippen LogP contribution in [0.15, 0.2) is 42.5 Å². The molecule has 3 heterocycles. The SMILES string of the molecule is COc1ccc2c(ccc(/C=C/c3cc4c5c(c3)CCCN5CCC4)[n+]2C)c1. The van der Waals surface area contributed by atoms with Crippen molar-refractivity contribution in [1.82, 2.24) is 0 Å². The number of fused-ring (bicyclic) bond motifs is 1. The van der Waals surface area contributed by atoms with Gasteiger partial charge in [-0.05, 0) is 78.8 Å². The number of anilines is 1. The highest BCUT2D eigenvalue weighted by atomic mass is 16.5. The summed E-state index contributed by atoms with van der Waals surface area (Å²) in [7, 11) is 3.84. The molecule has 3 aromatic rings. The van der Waals surface area contributed by atoms with Crippen LogP contribution in [-0.4, -0.2) is 20.2 Å². The molecule has 0 saturated carbocycles. The van der Waals surface area contributed by atoms with Crippen LogP contribution in [0.3, 0.4) is 0 Å². The van der Waals surface area contributed by atoms with Gasteiger partial charge in [-0.25, -0.2) is 0 Å². The van der Waals surface area contributed by atoms with Gasteiger partial charge in [0.15, 0.2) is 0 Å². The normalized spacial score (nSPS) is 15.9. The second kappa shape index (κ2) is 6.97. The monoisotopic (exact) mass is 371 g/mol.